The lowest BCUT2D eigenvalue weighted by atomic mass is 9.82. The van der Waals surface area contributed by atoms with Crippen LogP contribution in [0.4, 0.5) is 0 Å². The van der Waals surface area contributed by atoms with Gasteiger partial charge in [-0.05, 0) is 38.4 Å². The summed E-state index contributed by atoms with van der Waals surface area (Å²) >= 11 is 0. The molecule has 2 heterocycles. The standard InChI is InChI=1S/C16H22N2O3/c1-16(7-4-8-17-11-16)15(19)18-9-12-10-20-13-5-2-3-6-14(13)21-12/h2-3,5-6,12,17H,4,7-11H2,1H3,(H,18,19). The smallest absolute Gasteiger partial charge is 0.227 e. The summed E-state index contributed by atoms with van der Waals surface area (Å²) in [5, 5.41) is 6.30. The fourth-order valence-corrected chi connectivity index (χ4v) is 2.83. The van der Waals surface area contributed by atoms with Crippen LogP contribution in [-0.2, 0) is 4.79 Å². The van der Waals surface area contributed by atoms with Crippen LogP contribution in [0.25, 0.3) is 0 Å². The van der Waals surface area contributed by atoms with E-state index in [4.69, 9.17) is 9.47 Å². The van der Waals surface area contributed by atoms with E-state index >= 15 is 0 Å². The maximum atomic E-state index is 12.4. The molecule has 0 aromatic heterocycles. The maximum absolute atomic E-state index is 12.4. The third-order valence-corrected chi connectivity index (χ3v) is 4.20. The highest BCUT2D eigenvalue weighted by Gasteiger charge is 2.35. The lowest BCUT2D eigenvalue weighted by molar-refractivity contribution is -0.131. The number of hydrogen-bond donors (Lipinski definition) is 2. The van der Waals surface area contributed by atoms with Gasteiger partial charge in [0.25, 0.3) is 0 Å². The first kappa shape index (κ1) is 14.2. The summed E-state index contributed by atoms with van der Waals surface area (Å²) in [4.78, 5) is 12.4. The van der Waals surface area contributed by atoms with Crippen molar-refractivity contribution in [1.29, 1.82) is 0 Å². The van der Waals surface area contributed by atoms with Gasteiger partial charge >= 0.3 is 0 Å². The fraction of sp³-hybridized carbons (Fsp3) is 0.562. The molecule has 114 valence electrons. The molecule has 5 nitrogen and oxygen atoms in total. The Bertz CT molecular complexity index is 512. The molecular weight excluding hydrogens is 268 g/mol. The molecule has 1 fully saturated rings. The molecule has 1 amide bonds. The first-order valence-corrected chi connectivity index (χ1v) is 7.55. The van der Waals surface area contributed by atoms with Gasteiger partial charge in [-0.15, -0.1) is 0 Å². The predicted octanol–water partition coefficient (Wildman–Crippen LogP) is 1.33. The summed E-state index contributed by atoms with van der Waals surface area (Å²) in [6.45, 7) is 4.69. The SMILES string of the molecule is CC1(C(=O)NCC2COc3ccccc3O2)CCCNC1. The van der Waals surface area contributed by atoms with Crippen molar-refractivity contribution in [1.82, 2.24) is 10.6 Å². The molecule has 1 saturated heterocycles. The van der Waals surface area contributed by atoms with Gasteiger partial charge in [-0.25, -0.2) is 0 Å². The minimum absolute atomic E-state index is 0.0946. The van der Waals surface area contributed by atoms with Crippen LogP contribution in [-0.4, -0.2) is 38.3 Å². The zero-order chi connectivity index (χ0) is 14.7. The van der Waals surface area contributed by atoms with E-state index in [9.17, 15) is 4.79 Å². The molecule has 1 aromatic carbocycles. The van der Waals surface area contributed by atoms with Crippen molar-refractivity contribution < 1.29 is 14.3 Å². The van der Waals surface area contributed by atoms with Crippen molar-refractivity contribution >= 4 is 5.91 Å². The molecule has 0 aliphatic carbocycles. The summed E-state index contributed by atoms with van der Waals surface area (Å²) in [6.07, 6.45) is 1.83. The number of nitrogens with one attached hydrogen (secondary N) is 2. The van der Waals surface area contributed by atoms with Gasteiger partial charge in [0, 0.05) is 6.54 Å². The van der Waals surface area contributed by atoms with E-state index in [0.29, 0.717) is 13.2 Å². The Morgan fingerprint density at radius 1 is 1.43 bits per heavy atom. The second kappa shape index (κ2) is 5.93. The molecule has 2 unspecified atom stereocenters. The second-order valence-corrected chi connectivity index (χ2v) is 6.05. The third-order valence-electron chi connectivity index (χ3n) is 4.20. The molecule has 0 bridgehead atoms. The van der Waals surface area contributed by atoms with Crippen LogP contribution < -0.4 is 20.1 Å². The van der Waals surface area contributed by atoms with Crippen LogP contribution >= 0.6 is 0 Å². The van der Waals surface area contributed by atoms with E-state index in [1.54, 1.807) is 0 Å². The number of ether oxygens (including phenoxy) is 2. The number of hydrogen-bond acceptors (Lipinski definition) is 4. The van der Waals surface area contributed by atoms with Gasteiger partial charge in [-0.1, -0.05) is 12.1 Å². The van der Waals surface area contributed by atoms with E-state index in [-0.39, 0.29) is 17.4 Å². The summed E-state index contributed by atoms with van der Waals surface area (Å²) in [5.41, 5.74) is -0.314. The van der Waals surface area contributed by atoms with Crippen molar-refractivity contribution in [2.24, 2.45) is 5.41 Å². The van der Waals surface area contributed by atoms with Gasteiger partial charge in [-0.2, -0.15) is 0 Å². The molecular formula is C16H22N2O3. The van der Waals surface area contributed by atoms with Crippen molar-refractivity contribution in [2.45, 2.75) is 25.9 Å². The zero-order valence-corrected chi connectivity index (χ0v) is 12.4. The van der Waals surface area contributed by atoms with Gasteiger partial charge < -0.3 is 20.1 Å². The van der Waals surface area contributed by atoms with E-state index in [1.807, 2.05) is 31.2 Å². The van der Waals surface area contributed by atoms with Crippen molar-refractivity contribution in [3.8, 4) is 11.5 Å². The van der Waals surface area contributed by atoms with Crippen LogP contribution in [0.3, 0.4) is 0 Å². The minimum atomic E-state index is -0.314. The normalized spacial score (nSPS) is 28.0. The van der Waals surface area contributed by atoms with Crippen LogP contribution in [0.1, 0.15) is 19.8 Å². The Morgan fingerprint density at radius 3 is 3.00 bits per heavy atom. The molecule has 0 saturated carbocycles. The van der Waals surface area contributed by atoms with Gasteiger partial charge in [0.05, 0.1) is 12.0 Å². The Morgan fingerprint density at radius 2 is 2.24 bits per heavy atom. The number of benzene rings is 1. The highest BCUT2D eigenvalue weighted by Crippen LogP contribution is 2.31. The molecule has 0 spiro atoms. The molecule has 5 heteroatoms. The van der Waals surface area contributed by atoms with Gasteiger partial charge in [0.15, 0.2) is 11.5 Å². The second-order valence-electron chi connectivity index (χ2n) is 6.05. The summed E-state index contributed by atoms with van der Waals surface area (Å²) in [6, 6.07) is 7.60. The summed E-state index contributed by atoms with van der Waals surface area (Å²) < 4.78 is 11.5. The molecule has 2 atom stereocenters. The first-order chi connectivity index (χ1) is 10.2. The monoisotopic (exact) mass is 290 g/mol. The lowest BCUT2D eigenvalue weighted by Gasteiger charge is -2.33. The quantitative estimate of drug-likeness (QED) is 0.882. The molecule has 1 aromatic rings. The third kappa shape index (κ3) is 3.13. The molecule has 2 N–H and O–H groups in total. The van der Waals surface area contributed by atoms with Gasteiger partial charge in [0.2, 0.25) is 5.91 Å². The Kier molecular flexibility index (Phi) is 4.01. The van der Waals surface area contributed by atoms with Crippen molar-refractivity contribution in [3.63, 3.8) is 0 Å². The number of para-hydroxylation sites is 2. The topological polar surface area (TPSA) is 59.6 Å². The van der Waals surface area contributed by atoms with Crippen molar-refractivity contribution in [3.05, 3.63) is 24.3 Å². The van der Waals surface area contributed by atoms with Gasteiger partial charge in [-0.3, -0.25) is 4.79 Å². The Balaban J connectivity index is 1.53. The average Bonchev–Trinajstić information content (AvgIpc) is 2.53. The fourth-order valence-electron chi connectivity index (χ4n) is 2.83. The first-order valence-electron chi connectivity index (χ1n) is 7.55. The summed E-state index contributed by atoms with van der Waals surface area (Å²) in [5.74, 6) is 1.61. The van der Waals surface area contributed by atoms with Crippen LogP contribution in [0, 0.1) is 5.41 Å². The van der Waals surface area contributed by atoms with Crippen molar-refractivity contribution in [2.75, 3.05) is 26.2 Å². The Labute approximate surface area is 125 Å². The number of carbonyl (C=O) groups excluding carboxylic acids is 1. The largest absolute Gasteiger partial charge is 0.486 e. The maximum Gasteiger partial charge on any atom is 0.227 e. The van der Waals surface area contributed by atoms with E-state index < -0.39 is 0 Å². The molecule has 2 aliphatic rings. The van der Waals surface area contributed by atoms with Gasteiger partial charge in [0.1, 0.15) is 12.7 Å². The van der Waals surface area contributed by atoms with E-state index in [0.717, 1.165) is 37.4 Å². The Hall–Kier alpha value is -1.75. The summed E-state index contributed by atoms with van der Waals surface area (Å²) in [7, 11) is 0. The number of rotatable bonds is 3. The molecule has 3 rings (SSSR count). The van der Waals surface area contributed by atoms with E-state index in [2.05, 4.69) is 10.6 Å². The lowest BCUT2D eigenvalue weighted by Crippen LogP contribution is -2.51. The number of amides is 1. The average molecular weight is 290 g/mol. The van der Waals surface area contributed by atoms with Crippen LogP contribution in [0.2, 0.25) is 0 Å². The zero-order valence-electron chi connectivity index (χ0n) is 12.4. The number of carbonyl (C=O) groups is 1. The van der Waals surface area contributed by atoms with Crippen LogP contribution in [0.15, 0.2) is 24.3 Å². The number of piperidine rings is 1. The molecule has 2 aliphatic heterocycles. The highest BCUT2D eigenvalue weighted by molar-refractivity contribution is 5.82. The van der Waals surface area contributed by atoms with E-state index in [1.165, 1.54) is 0 Å². The predicted molar refractivity (Wildman–Crippen MR) is 79.6 cm³/mol. The molecule has 21 heavy (non-hydrogen) atoms. The number of fused-ring (bicyclic) bond motifs is 1. The highest BCUT2D eigenvalue weighted by atomic mass is 16.6. The minimum Gasteiger partial charge on any atom is -0.486 e. The molecule has 0 radical (unpaired) electrons. The van der Waals surface area contributed by atoms with Crippen LogP contribution in [0.5, 0.6) is 11.5 Å².